The predicted molar refractivity (Wildman–Crippen MR) is 136 cm³/mol. The maximum absolute atomic E-state index is 2.99. The fourth-order valence-electron chi connectivity index (χ4n) is 2.93. The van der Waals surface area contributed by atoms with E-state index in [4.69, 9.17) is 0 Å². The second kappa shape index (κ2) is 16.8. The first kappa shape index (κ1) is 27.1. The van der Waals surface area contributed by atoms with Crippen LogP contribution >= 0.6 is 0 Å². The van der Waals surface area contributed by atoms with Gasteiger partial charge in [0.1, 0.15) is 0 Å². The third kappa shape index (κ3) is 9.50. The Morgan fingerprint density at radius 1 is 0.594 bits per heavy atom. The molecule has 160 valence electrons. The molecule has 0 amide bonds. The average molecular weight is 491 g/mol. The molecule has 0 aromatic heterocycles. The van der Waals surface area contributed by atoms with Gasteiger partial charge in [-0.15, -0.1) is 46.2 Å². The van der Waals surface area contributed by atoms with E-state index in [0.717, 1.165) is 6.42 Å². The molecule has 1 aliphatic rings. The third-order valence-corrected chi connectivity index (χ3v) is 4.32. The second-order valence-corrected chi connectivity index (χ2v) is 6.48. The summed E-state index contributed by atoms with van der Waals surface area (Å²) >= 11 is 0. The van der Waals surface area contributed by atoms with Crippen LogP contribution in [0.3, 0.4) is 0 Å². The molecule has 32 heavy (non-hydrogen) atoms. The van der Waals surface area contributed by atoms with Crippen LogP contribution < -0.4 is 0 Å². The molecule has 0 nitrogen and oxygen atoms in total. The van der Waals surface area contributed by atoms with E-state index in [1.807, 2.05) is 72.8 Å². The number of hydrogen-bond donors (Lipinski definition) is 0. The zero-order chi connectivity index (χ0) is 20.7. The number of hydrogen-bond acceptors (Lipinski definition) is 0. The molecule has 0 radical (unpaired) electrons. The van der Waals surface area contributed by atoms with Crippen LogP contribution in [0.4, 0.5) is 0 Å². The van der Waals surface area contributed by atoms with Crippen molar-refractivity contribution in [3.63, 3.8) is 0 Å². The van der Waals surface area contributed by atoms with Gasteiger partial charge < -0.3 is 7.43 Å². The zero-order valence-electron chi connectivity index (χ0n) is 18.4. The smallest absolute Gasteiger partial charge is 0 e. The first-order valence-corrected chi connectivity index (χ1v) is 10.0. The minimum absolute atomic E-state index is 0. The largest absolute Gasteiger partial charge is 0.358 e. The maximum atomic E-state index is 2.99. The van der Waals surface area contributed by atoms with Gasteiger partial charge in [-0.3, -0.25) is 6.08 Å². The van der Waals surface area contributed by atoms with E-state index < -0.39 is 0 Å². The molecule has 6 rings (SSSR count). The Kier molecular flexibility index (Phi) is 14.2. The quantitative estimate of drug-likeness (QED) is 0.191. The van der Waals surface area contributed by atoms with Gasteiger partial charge in [-0.1, -0.05) is 36.4 Å². The summed E-state index contributed by atoms with van der Waals surface area (Å²) in [5.41, 5.74) is 0. The normalized spacial score (nSPS) is 10.2. The summed E-state index contributed by atoms with van der Waals surface area (Å²) in [6.07, 6.45) is 10.0. The molecule has 0 fully saturated rings. The third-order valence-electron chi connectivity index (χ3n) is 4.32. The second-order valence-electron chi connectivity index (χ2n) is 6.48. The van der Waals surface area contributed by atoms with E-state index in [2.05, 4.69) is 78.9 Å². The molecule has 0 bridgehead atoms. The molecular formula is C31H27Zr-5. The SMILES string of the molecule is [C-]1=CC=CC1.[CH3-].[Zr].[c-]1ccccc1.[c-]1ccccc1.c1ccc2c(c1)[cH-]c1ccccc12. The van der Waals surface area contributed by atoms with Gasteiger partial charge in [0.2, 0.25) is 0 Å². The van der Waals surface area contributed by atoms with Crippen molar-refractivity contribution in [2.24, 2.45) is 0 Å². The Hall–Kier alpha value is -2.89. The summed E-state index contributed by atoms with van der Waals surface area (Å²) in [5, 5.41) is 5.39. The molecule has 1 aliphatic carbocycles. The van der Waals surface area contributed by atoms with Crippen molar-refractivity contribution in [3.05, 3.63) is 159 Å². The minimum atomic E-state index is 0. The number of allylic oxidation sites excluding steroid dienone is 4. The van der Waals surface area contributed by atoms with Crippen molar-refractivity contribution >= 4 is 21.5 Å². The Morgan fingerprint density at radius 3 is 1.34 bits per heavy atom. The predicted octanol–water partition coefficient (Wildman–Crippen LogP) is 8.44. The van der Waals surface area contributed by atoms with Gasteiger partial charge in [0.15, 0.2) is 0 Å². The van der Waals surface area contributed by atoms with Crippen LogP contribution in [0.1, 0.15) is 6.42 Å². The van der Waals surface area contributed by atoms with E-state index >= 15 is 0 Å². The summed E-state index contributed by atoms with van der Waals surface area (Å²) < 4.78 is 0. The molecule has 0 heterocycles. The molecule has 1 heteroatoms. The monoisotopic (exact) mass is 489 g/mol. The number of rotatable bonds is 0. The Bertz CT molecular complexity index is 1010. The van der Waals surface area contributed by atoms with Gasteiger partial charge in [0.05, 0.1) is 0 Å². The van der Waals surface area contributed by atoms with Crippen LogP contribution in [0.5, 0.6) is 0 Å². The van der Waals surface area contributed by atoms with Crippen molar-refractivity contribution in [1.82, 2.24) is 0 Å². The first-order valence-electron chi connectivity index (χ1n) is 10.0. The van der Waals surface area contributed by atoms with Gasteiger partial charge in [0, 0.05) is 26.2 Å². The molecule has 0 atom stereocenters. The van der Waals surface area contributed by atoms with Gasteiger partial charge in [-0.2, -0.15) is 78.9 Å². The van der Waals surface area contributed by atoms with Crippen LogP contribution in [-0.4, -0.2) is 0 Å². The van der Waals surface area contributed by atoms with Crippen LogP contribution in [0, 0.1) is 25.6 Å². The fourth-order valence-corrected chi connectivity index (χ4v) is 2.93. The topological polar surface area (TPSA) is 0 Å². The number of fused-ring (bicyclic) bond motifs is 3. The van der Waals surface area contributed by atoms with E-state index in [0.29, 0.717) is 0 Å². The molecular weight excluding hydrogens is 464 g/mol. The molecule has 5 aromatic rings. The van der Waals surface area contributed by atoms with E-state index in [1.54, 1.807) is 0 Å². The van der Waals surface area contributed by atoms with Crippen LogP contribution in [0.2, 0.25) is 0 Å². The van der Waals surface area contributed by atoms with Crippen molar-refractivity contribution in [1.29, 1.82) is 0 Å². The summed E-state index contributed by atoms with van der Waals surface area (Å²) in [6.45, 7) is 0. The molecule has 0 saturated carbocycles. The minimum Gasteiger partial charge on any atom is -0.358 e. The first-order chi connectivity index (χ1) is 14.9. The van der Waals surface area contributed by atoms with Crippen LogP contribution in [-0.2, 0) is 26.2 Å². The fraction of sp³-hybridized carbons (Fsp3) is 0.0323. The van der Waals surface area contributed by atoms with Gasteiger partial charge in [-0.05, 0) is 0 Å². The zero-order valence-corrected chi connectivity index (χ0v) is 20.9. The van der Waals surface area contributed by atoms with E-state index in [-0.39, 0.29) is 33.6 Å². The van der Waals surface area contributed by atoms with Crippen molar-refractivity contribution < 1.29 is 26.2 Å². The summed E-state index contributed by atoms with van der Waals surface area (Å²) in [5.74, 6) is 0. The van der Waals surface area contributed by atoms with Crippen LogP contribution in [0.15, 0.2) is 133 Å². The van der Waals surface area contributed by atoms with E-state index in [1.165, 1.54) is 21.5 Å². The summed E-state index contributed by atoms with van der Waals surface area (Å²) in [4.78, 5) is 0. The molecule has 0 aliphatic heterocycles. The summed E-state index contributed by atoms with van der Waals surface area (Å²) in [7, 11) is 0. The average Bonchev–Trinajstić information content (AvgIpc) is 3.54. The van der Waals surface area contributed by atoms with Gasteiger partial charge in [-0.25, -0.2) is 12.2 Å². The summed E-state index contributed by atoms with van der Waals surface area (Å²) in [6, 6.07) is 44.3. The standard InChI is InChI=1S/C13H9.2C6H5.C5H5.CH3.Zr/c1-3-7-12-10(5-1)9-11-6-2-4-8-13(11)12;2*1-2-4-6-5-3-1;1-2-4-5-3-1;;/h1-9H;2*1-5H;1-3H,4H2;1H3;/q5*-1;. The van der Waals surface area contributed by atoms with Gasteiger partial charge >= 0.3 is 0 Å². The molecule has 0 N–H and O–H groups in total. The Morgan fingerprint density at radius 2 is 1.06 bits per heavy atom. The maximum Gasteiger partial charge on any atom is 0 e. The molecule has 0 spiro atoms. The van der Waals surface area contributed by atoms with E-state index in [9.17, 15) is 0 Å². The van der Waals surface area contributed by atoms with Crippen molar-refractivity contribution in [2.45, 2.75) is 6.42 Å². The van der Waals surface area contributed by atoms with Gasteiger partial charge in [0.25, 0.3) is 0 Å². The Labute approximate surface area is 212 Å². The van der Waals surface area contributed by atoms with Crippen LogP contribution in [0.25, 0.3) is 21.5 Å². The number of benzene rings is 4. The Balaban J connectivity index is 0.000000230. The molecule has 0 saturated heterocycles. The molecule has 5 aromatic carbocycles. The van der Waals surface area contributed by atoms with Crippen molar-refractivity contribution in [2.75, 3.05) is 0 Å². The van der Waals surface area contributed by atoms with Crippen molar-refractivity contribution in [3.8, 4) is 0 Å². The molecule has 0 unspecified atom stereocenters.